The van der Waals surface area contributed by atoms with Gasteiger partial charge in [-0.05, 0) is 13.1 Å². The summed E-state index contributed by atoms with van der Waals surface area (Å²) < 4.78 is 10.8. The van der Waals surface area contributed by atoms with Gasteiger partial charge in [-0.15, -0.1) is 0 Å². The van der Waals surface area contributed by atoms with Gasteiger partial charge in [0.1, 0.15) is 0 Å². The highest BCUT2D eigenvalue weighted by molar-refractivity contribution is 4.47. The van der Waals surface area contributed by atoms with Crippen molar-refractivity contribution < 1.29 is 9.47 Å². The molecule has 0 radical (unpaired) electrons. The first-order chi connectivity index (χ1) is 8.41. The molecule has 0 fully saturated rings. The Kier molecular flexibility index (Phi) is 15.6. The second-order valence-electron chi connectivity index (χ2n) is 3.68. The molecule has 5 nitrogen and oxygen atoms in total. The molecule has 0 atom stereocenters. The zero-order chi connectivity index (χ0) is 12.6. The van der Waals surface area contributed by atoms with Gasteiger partial charge >= 0.3 is 0 Å². The second kappa shape index (κ2) is 15.8. The molecule has 17 heavy (non-hydrogen) atoms. The van der Waals surface area contributed by atoms with Gasteiger partial charge < -0.3 is 25.4 Å². The summed E-state index contributed by atoms with van der Waals surface area (Å²) in [4.78, 5) is 0. The largest absolute Gasteiger partial charge is 0.379 e. The fourth-order valence-corrected chi connectivity index (χ4v) is 1.26. The van der Waals surface area contributed by atoms with Gasteiger partial charge in [0.25, 0.3) is 0 Å². The molecule has 0 saturated heterocycles. The summed E-state index contributed by atoms with van der Waals surface area (Å²) in [5.41, 5.74) is 0. The van der Waals surface area contributed by atoms with Crippen LogP contribution in [-0.2, 0) is 9.47 Å². The third-order valence-electron chi connectivity index (χ3n) is 2.19. The van der Waals surface area contributed by atoms with E-state index in [9.17, 15) is 0 Å². The van der Waals surface area contributed by atoms with Gasteiger partial charge in [-0.1, -0.05) is 13.8 Å². The number of hydrogen-bond donors (Lipinski definition) is 3. The van der Waals surface area contributed by atoms with Crippen molar-refractivity contribution in [1.29, 1.82) is 0 Å². The van der Waals surface area contributed by atoms with Crippen molar-refractivity contribution in [2.75, 3.05) is 65.7 Å². The number of ether oxygens (including phenoxy) is 2. The molecule has 104 valence electrons. The van der Waals surface area contributed by atoms with E-state index in [1.54, 1.807) is 0 Å². The third-order valence-corrected chi connectivity index (χ3v) is 2.19. The minimum atomic E-state index is 0.767. The van der Waals surface area contributed by atoms with Gasteiger partial charge in [0.15, 0.2) is 0 Å². The summed E-state index contributed by atoms with van der Waals surface area (Å²) in [5.74, 6) is 0. The molecule has 0 heterocycles. The van der Waals surface area contributed by atoms with Gasteiger partial charge in [0.2, 0.25) is 0 Å². The molecule has 0 aromatic heterocycles. The number of nitrogens with one attached hydrogen (secondary N) is 3. The molecular formula is C12H29N3O2. The molecule has 0 bridgehead atoms. The first kappa shape index (κ1) is 16.8. The van der Waals surface area contributed by atoms with Crippen molar-refractivity contribution in [3.05, 3.63) is 0 Å². The Balaban J connectivity index is 2.85. The molecule has 3 N–H and O–H groups in total. The Morgan fingerprint density at radius 2 is 0.941 bits per heavy atom. The van der Waals surface area contributed by atoms with Gasteiger partial charge in [-0.25, -0.2) is 0 Å². The topological polar surface area (TPSA) is 54.5 Å². The molecule has 5 heteroatoms. The van der Waals surface area contributed by atoms with E-state index in [1.807, 2.05) is 0 Å². The Labute approximate surface area is 106 Å². The fourth-order valence-electron chi connectivity index (χ4n) is 1.26. The van der Waals surface area contributed by atoms with Crippen molar-refractivity contribution in [2.24, 2.45) is 0 Å². The normalized spacial score (nSPS) is 10.9. The maximum atomic E-state index is 5.42. The number of hydrogen-bond acceptors (Lipinski definition) is 5. The van der Waals surface area contributed by atoms with Crippen LogP contribution in [0.5, 0.6) is 0 Å². The molecule has 0 amide bonds. The monoisotopic (exact) mass is 247 g/mol. The average Bonchev–Trinajstić information content (AvgIpc) is 2.35. The molecular weight excluding hydrogens is 218 g/mol. The van der Waals surface area contributed by atoms with Crippen molar-refractivity contribution in [3.8, 4) is 0 Å². The quantitative estimate of drug-likeness (QED) is 0.372. The van der Waals surface area contributed by atoms with E-state index in [1.165, 1.54) is 0 Å². The molecule has 0 aliphatic heterocycles. The van der Waals surface area contributed by atoms with Crippen LogP contribution in [0.25, 0.3) is 0 Å². The van der Waals surface area contributed by atoms with Crippen LogP contribution >= 0.6 is 0 Å². The molecule has 0 unspecified atom stereocenters. The Bertz CT molecular complexity index is 123. The lowest BCUT2D eigenvalue weighted by Gasteiger charge is -2.07. The maximum absolute atomic E-state index is 5.42. The van der Waals surface area contributed by atoms with E-state index in [0.717, 1.165) is 65.7 Å². The summed E-state index contributed by atoms with van der Waals surface area (Å²) in [6.45, 7) is 13.0. The third kappa shape index (κ3) is 15.8. The molecule has 0 saturated carbocycles. The van der Waals surface area contributed by atoms with E-state index < -0.39 is 0 Å². The Morgan fingerprint density at radius 3 is 1.29 bits per heavy atom. The van der Waals surface area contributed by atoms with Crippen LogP contribution in [0.3, 0.4) is 0 Å². The highest BCUT2D eigenvalue weighted by atomic mass is 16.5. The van der Waals surface area contributed by atoms with Crippen LogP contribution in [0, 0.1) is 0 Å². The predicted molar refractivity (Wildman–Crippen MR) is 71.6 cm³/mol. The highest BCUT2D eigenvalue weighted by Crippen LogP contribution is 1.74. The SMILES string of the molecule is CCNCCOCCNCCOCCNCC. The van der Waals surface area contributed by atoms with E-state index in [-0.39, 0.29) is 0 Å². The molecule has 0 rings (SSSR count). The standard InChI is InChI=1S/C12H29N3O2/c1-3-13-5-9-16-11-7-15-8-12-17-10-6-14-4-2/h13-15H,3-12H2,1-2H3. The van der Waals surface area contributed by atoms with Gasteiger partial charge in [0.05, 0.1) is 26.4 Å². The van der Waals surface area contributed by atoms with E-state index in [2.05, 4.69) is 29.8 Å². The fraction of sp³-hybridized carbons (Fsp3) is 1.00. The lowest BCUT2D eigenvalue weighted by molar-refractivity contribution is 0.123. The zero-order valence-corrected chi connectivity index (χ0v) is 11.4. The smallest absolute Gasteiger partial charge is 0.0591 e. The first-order valence-corrected chi connectivity index (χ1v) is 6.69. The van der Waals surface area contributed by atoms with E-state index >= 15 is 0 Å². The summed E-state index contributed by atoms with van der Waals surface area (Å²) in [6.07, 6.45) is 0. The number of rotatable bonds is 14. The minimum Gasteiger partial charge on any atom is -0.379 e. The molecule has 0 aromatic rings. The first-order valence-electron chi connectivity index (χ1n) is 6.69. The van der Waals surface area contributed by atoms with E-state index in [4.69, 9.17) is 9.47 Å². The molecule has 0 aromatic carbocycles. The summed E-state index contributed by atoms with van der Waals surface area (Å²) in [6, 6.07) is 0. The lowest BCUT2D eigenvalue weighted by atomic mass is 10.6. The van der Waals surface area contributed by atoms with Crippen LogP contribution in [0.15, 0.2) is 0 Å². The Hall–Kier alpha value is -0.200. The van der Waals surface area contributed by atoms with Crippen LogP contribution in [0.4, 0.5) is 0 Å². The van der Waals surface area contributed by atoms with Gasteiger partial charge in [0, 0.05) is 26.2 Å². The maximum Gasteiger partial charge on any atom is 0.0591 e. The predicted octanol–water partition coefficient (Wildman–Crippen LogP) is -0.172. The Morgan fingerprint density at radius 1 is 0.588 bits per heavy atom. The van der Waals surface area contributed by atoms with Crippen LogP contribution in [-0.4, -0.2) is 65.7 Å². The van der Waals surface area contributed by atoms with Gasteiger partial charge in [-0.2, -0.15) is 0 Å². The molecule has 0 spiro atoms. The molecule has 0 aliphatic carbocycles. The van der Waals surface area contributed by atoms with Crippen LogP contribution in [0.2, 0.25) is 0 Å². The van der Waals surface area contributed by atoms with Crippen molar-refractivity contribution in [1.82, 2.24) is 16.0 Å². The van der Waals surface area contributed by atoms with Crippen LogP contribution < -0.4 is 16.0 Å². The van der Waals surface area contributed by atoms with E-state index in [0.29, 0.717) is 0 Å². The zero-order valence-electron chi connectivity index (χ0n) is 11.4. The van der Waals surface area contributed by atoms with Gasteiger partial charge in [-0.3, -0.25) is 0 Å². The van der Waals surface area contributed by atoms with Crippen molar-refractivity contribution >= 4 is 0 Å². The molecule has 0 aliphatic rings. The minimum absolute atomic E-state index is 0.767. The number of likely N-dealkylation sites (N-methyl/N-ethyl adjacent to an activating group) is 2. The highest BCUT2D eigenvalue weighted by Gasteiger charge is 1.90. The summed E-state index contributed by atoms with van der Waals surface area (Å²) >= 11 is 0. The summed E-state index contributed by atoms with van der Waals surface area (Å²) in [5, 5.41) is 9.70. The second-order valence-corrected chi connectivity index (χ2v) is 3.68. The summed E-state index contributed by atoms with van der Waals surface area (Å²) in [7, 11) is 0. The van der Waals surface area contributed by atoms with Crippen LogP contribution in [0.1, 0.15) is 13.8 Å². The average molecular weight is 247 g/mol. The van der Waals surface area contributed by atoms with Crippen molar-refractivity contribution in [2.45, 2.75) is 13.8 Å². The lowest BCUT2D eigenvalue weighted by Crippen LogP contribution is -2.27. The van der Waals surface area contributed by atoms with Crippen molar-refractivity contribution in [3.63, 3.8) is 0 Å².